The summed E-state index contributed by atoms with van der Waals surface area (Å²) in [6.07, 6.45) is 3.77. The molecule has 1 aliphatic heterocycles. The van der Waals surface area contributed by atoms with Crippen LogP contribution >= 0.6 is 0 Å². The van der Waals surface area contributed by atoms with Gasteiger partial charge in [-0.25, -0.2) is 4.39 Å². The van der Waals surface area contributed by atoms with Gasteiger partial charge in [-0.15, -0.1) is 0 Å². The highest BCUT2D eigenvalue weighted by atomic mass is 19.1. The molecule has 0 fully saturated rings. The summed E-state index contributed by atoms with van der Waals surface area (Å²) in [4.78, 5) is 6.00. The van der Waals surface area contributed by atoms with Gasteiger partial charge in [0.25, 0.3) is 0 Å². The van der Waals surface area contributed by atoms with Crippen molar-refractivity contribution in [2.75, 3.05) is 11.4 Å². The summed E-state index contributed by atoms with van der Waals surface area (Å²) < 4.78 is 15.9. The quantitative estimate of drug-likeness (QED) is 0.943. The Bertz CT molecular complexity index is 676. The van der Waals surface area contributed by atoms with Crippen molar-refractivity contribution in [1.29, 1.82) is 0 Å². The van der Waals surface area contributed by atoms with Gasteiger partial charge in [-0.05, 0) is 26.0 Å². The molecule has 0 radical (unpaired) electrons. The van der Waals surface area contributed by atoms with Crippen LogP contribution in [-0.4, -0.2) is 22.3 Å². The standard InChI is InChI=1S/C15H18FN5/c1-10(2)20-9-11(7-19-20)14-8-18-15(17)21(14)13-6-4-3-5-12(13)16/h3-7,9-10,14H,8H2,1-2H3,(H2,17,18). The number of hydrogen-bond donors (Lipinski definition) is 1. The first-order valence-electron chi connectivity index (χ1n) is 6.95. The maximum absolute atomic E-state index is 14.1. The van der Waals surface area contributed by atoms with Crippen LogP contribution < -0.4 is 10.6 Å². The Balaban J connectivity index is 1.97. The van der Waals surface area contributed by atoms with Crippen molar-refractivity contribution >= 4 is 11.6 Å². The van der Waals surface area contributed by atoms with E-state index >= 15 is 0 Å². The number of anilines is 1. The molecule has 2 aromatic rings. The van der Waals surface area contributed by atoms with Crippen LogP contribution in [0.3, 0.4) is 0 Å². The number of benzene rings is 1. The highest BCUT2D eigenvalue weighted by molar-refractivity contribution is 5.97. The number of rotatable bonds is 3. The molecule has 1 aliphatic rings. The van der Waals surface area contributed by atoms with Crippen LogP contribution in [0.25, 0.3) is 0 Å². The lowest BCUT2D eigenvalue weighted by atomic mass is 10.1. The molecule has 0 saturated carbocycles. The van der Waals surface area contributed by atoms with Crippen molar-refractivity contribution in [1.82, 2.24) is 9.78 Å². The summed E-state index contributed by atoms with van der Waals surface area (Å²) in [7, 11) is 0. The van der Waals surface area contributed by atoms with Crippen molar-refractivity contribution in [2.45, 2.75) is 25.9 Å². The maximum atomic E-state index is 14.1. The number of nitrogens with zero attached hydrogens (tertiary/aromatic N) is 4. The van der Waals surface area contributed by atoms with E-state index in [2.05, 4.69) is 23.9 Å². The van der Waals surface area contributed by atoms with Gasteiger partial charge in [-0.1, -0.05) is 12.1 Å². The highest BCUT2D eigenvalue weighted by Crippen LogP contribution is 2.32. The number of halogens is 1. The van der Waals surface area contributed by atoms with Crippen LogP contribution in [-0.2, 0) is 0 Å². The normalized spacial score (nSPS) is 18.4. The van der Waals surface area contributed by atoms with Gasteiger partial charge in [-0.3, -0.25) is 9.67 Å². The zero-order chi connectivity index (χ0) is 15.0. The SMILES string of the molecule is CC(C)n1cc(C2CN=C(N)N2c2ccccc2F)cn1. The van der Waals surface area contributed by atoms with Crippen molar-refractivity contribution in [3.8, 4) is 0 Å². The highest BCUT2D eigenvalue weighted by Gasteiger charge is 2.31. The first-order valence-corrected chi connectivity index (χ1v) is 6.95. The molecule has 2 heterocycles. The van der Waals surface area contributed by atoms with Crippen molar-refractivity contribution in [3.05, 3.63) is 48.0 Å². The van der Waals surface area contributed by atoms with E-state index < -0.39 is 0 Å². The summed E-state index contributed by atoms with van der Waals surface area (Å²) in [5, 5.41) is 4.34. The fraction of sp³-hybridized carbons (Fsp3) is 0.333. The molecule has 5 nitrogen and oxygen atoms in total. The molecular weight excluding hydrogens is 269 g/mol. The Hall–Kier alpha value is -2.37. The first kappa shape index (κ1) is 13.6. The minimum Gasteiger partial charge on any atom is -0.369 e. The first-order chi connectivity index (χ1) is 10.1. The molecular formula is C15H18FN5. The van der Waals surface area contributed by atoms with Crippen LogP contribution in [0, 0.1) is 5.82 Å². The lowest BCUT2D eigenvalue weighted by Crippen LogP contribution is -2.36. The summed E-state index contributed by atoms with van der Waals surface area (Å²) in [6.45, 7) is 4.62. The minimum atomic E-state index is -0.307. The van der Waals surface area contributed by atoms with E-state index in [1.54, 1.807) is 29.3 Å². The monoisotopic (exact) mass is 287 g/mol. The van der Waals surface area contributed by atoms with Crippen LogP contribution in [0.5, 0.6) is 0 Å². The molecule has 21 heavy (non-hydrogen) atoms. The summed E-state index contributed by atoms with van der Waals surface area (Å²) in [6, 6.07) is 6.75. The number of nitrogens with two attached hydrogens (primary N) is 1. The smallest absolute Gasteiger partial charge is 0.196 e. The topological polar surface area (TPSA) is 59.4 Å². The minimum absolute atomic E-state index is 0.116. The molecule has 2 N–H and O–H groups in total. The van der Waals surface area contributed by atoms with Gasteiger partial charge in [0.15, 0.2) is 5.96 Å². The zero-order valence-corrected chi connectivity index (χ0v) is 12.1. The average molecular weight is 287 g/mol. The number of hydrogen-bond acceptors (Lipinski definition) is 4. The number of aliphatic imine (C=N–C) groups is 1. The Morgan fingerprint density at radius 1 is 1.33 bits per heavy atom. The fourth-order valence-corrected chi connectivity index (χ4v) is 2.50. The Morgan fingerprint density at radius 2 is 2.10 bits per heavy atom. The van der Waals surface area contributed by atoms with E-state index in [-0.39, 0.29) is 17.9 Å². The molecule has 1 aromatic carbocycles. The lowest BCUT2D eigenvalue weighted by Gasteiger charge is -2.25. The van der Waals surface area contributed by atoms with Gasteiger partial charge in [0.2, 0.25) is 0 Å². The van der Waals surface area contributed by atoms with Crippen molar-refractivity contribution < 1.29 is 4.39 Å². The Kier molecular flexibility index (Phi) is 3.37. The van der Waals surface area contributed by atoms with Gasteiger partial charge >= 0.3 is 0 Å². The number of para-hydroxylation sites is 1. The molecule has 3 rings (SSSR count). The van der Waals surface area contributed by atoms with Crippen LogP contribution in [0.1, 0.15) is 31.5 Å². The predicted molar refractivity (Wildman–Crippen MR) is 80.7 cm³/mol. The summed E-state index contributed by atoms with van der Waals surface area (Å²) in [5.41, 5.74) is 7.38. The molecule has 6 heteroatoms. The van der Waals surface area contributed by atoms with E-state index in [1.807, 2.05) is 10.9 Å². The molecule has 1 atom stereocenters. The van der Waals surface area contributed by atoms with E-state index in [0.29, 0.717) is 18.2 Å². The second kappa shape index (κ2) is 5.20. The van der Waals surface area contributed by atoms with Crippen molar-refractivity contribution in [2.24, 2.45) is 10.7 Å². The molecule has 0 saturated heterocycles. The molecule has 110 valence electrons. The van der Waals surface area contributed by atoms with Crippen LogP contribution in [0.15, 0.2) is 41.7 Å². The van der Waals surface area contributed by atoms with E-state index in [1.165, 1.54) is 6.07 Å². The largest absolute Gasteiger partial charge is 0.369 e. The third-order valence-corrected chi connectivity index (χ3v) is 3.63. The molecule has 0 amide bonds. The molecule has 0 aliphatic carbocycles. The molecule has 1 unspecified atom stereocenters. The number of aromatic nitrogens is 2. The van der Waals surface area contributed by atoms with Gasteiger partial charge < -0.3 is 10.6 Å². The average Bonchev–Trinajstić information content (AvgIpc) is 3.06. The molecule has 0 bridgehead atoms. The second-order valence-corrected chi connectivity index (χ2v) is 5.38. The third kappa shape index (κ3) is 2.37. The van der Waals surface area contributed by atoms with Crippen LogP contribution in [0.4, 0.5) is 10.1 Å². The second-order valence-electron chi connectivity index (χ2n) is 5.38. The predicted octanol–water partition coefficient (Wildman–Crippen LogP) is 2.48. The fourth-order valence-electron chi connectivity index (χ4n) is 2.50. The van der Waals surface area contributed by atoms with Crippen LogP contribution in [0.2, 0.25) is 0 Å². The summed E-state index contributed by atoms with van der Waals surface area (Å²) >= 11 is 0. The maximum Gasteiger partial charge on any atom is 0.196 e. The van der Waals surface area contributed by atoms with E-state index in [9.17, 15) is 4.39 Å². The zero-order valence-electron chi connectivity index (χ0n) is 12.1. The Morgan fingerprint density at radius 3 is 2.76 bits per heavy atom. The summed E-state index contributed by atoms with van der Waals surface area (Å²) in [5.74, 6) is 0.0289. The Labute approximate surface area is 122 Å². The van der Waals surface area contributed by atoms with Gasteiger partial charge in [-0.2, -0.15) is 5.10 Å². The molecule has 1 aromatic heterocycles. The third-order valence-electron chi connectivity index (χ3n) is 3.63. The molecule has 0 spiro atoms. The van der Waals surface area contributed by atoms with Gasteiger partial charge in [0.05, 0.1) is 24.5 Å². The van der Waals surface area contributed by atoms with Gasteiger partial charge in [0.1, 0.15) is 5.82 Å². The van der Waals surface area contributed by atoms with Gasteiger partial charge in [0, 0.05) is 17.8 Å². The number of guanidine groups is 1. The van der Waals surface area contributed by atoms with E-state index in [0.717, 1.165) is 5.56 Å². The lowest BCUT2D eigenvalue weighted by molar-refractivity contribution is 0.531. The van der Waals surface area contributed by atoms with E-state index in [4.69, 9.17) is 5.73 Å². The van der Waals surface area contributed by atoms with Crippen molar-refractivity contribution in [3.63, 3.8) is 0 Å².